The summed E-state index contributed by atoms with van der Waals surface area (Å²) < 4.78 is 0. The monoisotopic (exact) mass is 371 g/mol. The van der Waals surface area contributed by atoms with Crippen LogP contribution in [0, 0.1) is 13.8 Å². The van der Waals surface area contributed by atoms with E-state index in [4.69, 9.17) is 4.98 Å². The number of rotatable bonds is 4. The molecule has 0 N–H and O–H groups in total. The summed E-state index contributed by atoms with van der Waals surface area (Å²) in [4.78, 5) is 19.8. The molecule has 3 aromatic heterocycles. The van der Waals surface area contributed by atoms with Gasteiger partial charge in [0.1, 0.15) is 16.6 Å². The van der Waals surface area contributed by atoms with Crippen molar-refractivity contribution in [1.82, 2.24) is 19.9 Å². The quantitative estimate of drug-likeness (QED) is 0.701. The number of thiazole rings is 1. The van der Waals surface area contributed by atoms with Crippen molar-refractivity contribution in [2.24, 2.45) is 0 Å². The van der Waals surface area contributed by atoms with Crippen molar-refractivity contribution in [3.63, 3.8) is 0 Å². The molecule has 0 radical (unpaired) electrons. The van der Waals surface area contributed by atoms with E-state index in [0.717, 1.165) is 55.1 Å². The minimum Gasteiger partial charge on any atom is -0.354 e. The summed E-state index contributed by atoms with van der Waals surface area (Å²) in [7, 11) is 0. The topological polar surface area (TPSA) is 45.2 Å². The Hall–Kier alpha value is -1.83. The molecule has 0 atom stereocenters. The molecule has 5 nitrogen and oxygen atoms in total. The lowest BCUT2D eigenvalue weighted by Gasteiger charge is -2.35. The Labute approximate surface area is 156 Å². The Balaban J connectivity index is 1.36. The highest BCUT2D eigenvalue weighted by atomic mass is 32.1. The molecule has 130 valence electrons. The number of piperazine rings is 1. The third-order valence-corrected chi connectivity index (χ3v) is 6.25. The standard InChI is InChI=1S/C18H21N5S2/c1-13-10-17(20-14(2)19-13)23-7-5-22(6-8-23)11-15-12-25-18(21-15)16-4-3-9-24-16/h3-4,9-10,12H,5-8,11H2,1-2H3. The molecule has 0 amide bonds. The molecule has 25 heavy (non-hydrogen) atoms. The van der Waals surface area contributed by atoms with Gasteiger partial charge in [-0.25, -0.2) is 15.0 Å². The molecule has 0 aromatic carbocycles. The number of anilines is 1. The van der Waals surface area contributed by atoms with Crippen LogP contribution < -0.4 is 4.90 Å². The SMILES string of the molecule is Cc1cc(N2CCN(Cc3csc(-c4cccs4)n3)CC2)nc(C)n1. The minimum absolute atomic E-state index is 0.848. The molecule has 4 rings (SSSR count). The summed E-state index contributed by atoms with van der Waals surface area (Å²) in [5.74, 6) is 1.90. The third kappa shape index (κ3) is 3.89. The van der Waals surface area contributed by atoms with Gasteiger partial charge in [0.15, 0.2) is 0 Å². The fourth-order valence-corrected chi connectivity index (χ4v) is 4.74. The fraction of sp³-hybridized carbons (Fsp3) is 0.389. The molecule has 1 saturated heterocycles. The maximum atomic E-state index is 4.80. The summed E-state index contributed by atoms with van der Waals surface area (Å²) in [5, 5.41) is 5.43. The summed E-state index contributed by atoms with van der Waals surface area (Å²) in [5.41, 5.74) is 2.21. The first-order chi connectivity index (χ1) is 12.2. The van der Waals surface area contributed by atoms with Crippen molar-refractivity contribution in [3.8, 4) is 9.88 Å². The van der Waals surface area contributed by atoms with Gasteiger partial charge in [0.25, 0.3) is 0 Å². The molecule has 3 aromatic rings. The summed E-state index contributed by atoms with van der Waals surface area (Å²) >= 11 is 3.49. The van der Waals surface area contributed by atoms with Crippen LogP contribution in [-0.2, 0) is 6.54 Å². The summed E-state index contributed by atoms with van der Waals surface area (Å²) in [6, 6.07) is 6.30. The van der Waals surface area contributed by atoms with Crippen LogP contribution in [0.25, 0.3) is 9.88 Å². The number of hydrogen-bond acceptors (Lipinski definition) is 7. The molecule has 1 fully saturated rings. The van der Waals surface area contributed by atoms with Crippen molar-refractivity contribution in [2.45, 2.75) is 20.4 Å². The number of hydrogen-bond donors (Lipinski definition) is 0. The lowest BCUT2D eigenvalue weighted by atomic mass is 10.3. The zero-order chi connectivity index (χ0) is 17.2. The summed E-state index contributed by atoms with van der Waals surface area (Å²) in [6.45, 7) is 8.98. The summed E-state index contributed by atoms with van der Waals surface area (Å²) in [6.07, 6.45) is 0. The van der Waals surface area contributed by atoms with E-state index < -0.39 is 0 Å². The van der Waals surface area contributed by atoms with Crippen LogP contribution in [0.3, 0.4) is 0 Å². The lowest BCUT2D eigenvalue weighted by molar-refractivity contribution is 0.247. The van der Waals surface area contributed by atoms with E-state index in [-0.39, 0.29) is 0 Å². The second-order valence-electron chi connectivity index (χ2n) is 6.30. The van der Waals surface area contributed by atoms with E-state index in [1.165, 1.54) is 10.6 Å². The molecule has 0 aliphatic carbocycles. The molecule has 0 saturated carbocycles. The maximum Gasteiger partial charge on any atom is 0.133 e. The number of thiophene rings is 1. The van der Waals surface area contributed by atoms with E-state index in [9.17, 15) is 0 Å². The fourth-order valence-electron chi connectivity index (χ4n) is 3.12. The molecule has 0 spiro atoms. The normalized spacial score (nSPS) is 15.7. The molecule has 0 unspecified atom stereocenters. The van der Waals surface area contributed by atoms with Crippen molar-refractivity contribution in [3.05, 3.63) is 46.2 Å². The highest BCUT2D eigenvalue weighted by molar-refractivity contribution is 7.20. The van der Waals surface area contributed by atoms with E-state index in [1.54, 1.807) is 22.7 Å². The zero-order valence-corrected chi connectivity index (χ0v) is 16.1. The first-order valence-electron chi connectivity index (χ1n) is 8.45. The van der Waals surface area contributed by atoms with Gasteiger partial charge in [0.2, 0.25) is 0 Å². The van der Waals surface area contributed by atoms with Gasteiger partial charge < -0.3 is 4.90 Å². The van der Waals surface area contributed by atoms with Crippen LogP contribution >= 0.6 is 22.7 Å². The van der Waals surface area contributed by atoms with Crippen LogP contribution in [0.15, 0.2) is 29.0 Å². The average molecular weight is 372 g/mol. The smallest absolute Gasteiger partial charge is 0.133 e. The molecule has 7 heteroatoms. The zero-order valence-electron chi connectivity index (χ0n) is 14.5. The average Bonchev–Trinajstić information content (AvgIpc) is 3.26. The highest BCUT2D eigenvalue weighted by Gasteiger charge is 2.19. The predicted octanol–water partition coefficient (Wildman–Crippen LogP) is 3.60. The van der Waals surface area contributed by atoms with Gasteiger partial charge in [-0.3, -0.25) is 4.90 Å². The van der Waals surface area contributed by atoms with E-state index in [0.29, 0.717) is 0 Å². The van der Waals surface area contributed by atoms with Gasteiger partial charge in [0.05, 0.1) is 10.6 Å². The number of aryl methyl sites for hydroxylation is 2. The third-order valence-electron chi connectivity index (χ3n) is 4.32. The van der Waals surface area contributed by atoms with Crippen molar-refractivity contribution < 1.29 is 0 Å². The molecular formula is C18H21N5S2. The van der Waals surface area contributed by atoms with Gasteiger partial charge in [0, 0.05) is 49.9 Å². The lowest BCUT2D eigenvalue weighted by Crippen LogP contribution is -2.46. The van der Waals surface area contributed by atoms with Crippen LogP contribution in [0.4, 0.5) is 5.82 Å². The van der Waals surface area contributed by atoms with Crippen LogP contribution in [0.5, 0.6) is 0 Å². The first kappa shape index (κ1) is 16.6. The number of aromatic nitrogens is 3. The van der Waals surface area contributed by atoms with Crippen molar-refractivity contribution in [2.75, 3.05) is 31.1 Å². The Morgan fingerprint density at radius 3 is 2.60 bits per heavy atom. The Kier molecular flexibility index (Phi) is 4.78. The van der Waals surface area contributed by atoms with Crippen LogP contribution in [-0.4, -0.2) is 46.0 Å². The molecule has 0 bridgehead atoms. The van der Waals surface area contributed by atoms with Crippen LogP contribution in [0.2, 0.25) is 0 Å². The van der Waals surface area contributed by atoms with E-state index in [2.05, 4.69) is 48.7 Å². The molecule has 4 heterocycles. The number of nitrogens with zero attached hydrogens (tertiary/aromatic N) is 5. The molecule has 1 aliphatic heterocycles. The van der Waals surface area contributed by atoms with Gasteiger partial charge in [-0.1, -0.05) is 6.07 Å². The predicted molar refractivity (Wildman–Crippen MR) is 104 cm³/mol. The second-order valence-corrected chi connectivity index (χ2v) is 8.11. The maximum absolute atomic E-state index is 4.80. The van der Waals surface area contributed by atoms with Gasteiger partial charge in [-0.2, -0.15) is 0 Å². The highest BCUT2D eigenvalue weighted by Crippen LogP contribution is 2.28. The second kappa shape index (κ2) is 7.19. The van der Waals surface area contributed by atoms with Gasteiger partial charge >= 0.3 is 0 Å². The Morgan fingerprint density at radius 1 is 1.04 bits per heavy atom. The minimum atomic E-state index is 0.848. The van der Waals surface area contributed by atoms with Gasteiger partial charge in [-0.15, -0.1) is 22.7 Å². The molecule has 1 aliphatic rings. The molecular weight excluding hydrogens is 350 g/mol. The largest absolute Gasteiger partial charge is 0.354 e. The van der Waals surface area contributed by atoms with Gasteiger partial charge in [-0.05, 0) is 25.3 Å². The van der Waals surface area contributed by atoms with Crippen molar-refractivity contribution >= 4 is 28.5 Å². The van der Waals surface area contributed by atoms with Crippen LogP contribution in [0.1, 0.15) is 17.2 Å². The Bertz CT molecular complexity index is 815. The first-order valence-corrected chi connectivity index (χ1v) is 10.2. The Morgan fingerprint density at radius 2 is 1.88 bits per heavy atom. The van der Waals surface area contributed by atoms with E-state index >= 15 is 0 Å². The van der Waals surface area contributed by atoms with Crippen molar-refractivity contribution in [1.29, 1.82) is 0 Å². The van der Waals surface area contributed by atoms with E-state index in [1.807, 2.05) is 13.8 Å².